The first-order valence-corrected chi connectivity index (χ1v) is 3.57. The molecule has 1 aromatic rings. The first kappa shape index (κ1) is 10.0. The molecule has 0 saturated carbocycles. The molecule has 0 aromatic heterocycles. The Balaban J connectivity index is 3.14. The van der Waals surface area contributed by atoms with Gasteiger partial charge in [-0.05, 0) is 12.1 Å². The fraction of sp³-hybridized carbons (Fsp3) is 0. The van der Waals surface area contributed by atoms with Gasteiger partial charge in [0.2, 0.25) is 0 Å². The largest absolute Gasteiger partial charge is 0.504 e. The first-order chi connectivity index (χ1) is 6.57. The maximum atomic E-state index is 11.1. The van der Waals surface area contributed by atoms with Crippen molar-refractivity contribution in [3.63, 3.8) is 0 Å². The number of nitrogens with one attached hydrogen (secondary N) is 1. The number of hydrogen-bond donors (Lipinski definition) is 4. The van der Waals surface area contributed by atoms with Crippen LogP contribution in [-0.2, 0) is 4.79 Å². The molecule has 0 aliphatic rings. The van der Waals surface area contributed by atoms with Crippen molar-refractivity contribution in [1.29, 1.82) is 0 Å². The summed E-state index contributed by atoms with van der Waals surface area (Å²) in [5.41, 5.74) is 0.750. The third-order valence-electron chi connectivity index (χ3n) is 1.57. The van der Waals surface area contributed by atoms with Crippen LogP contribution >= 0.6 is 0 Å². The highest BCUT2D eigenvalue weighted by molar-refractivity contribution is 6.43. The average Bonchev–Trinajstić information content (AvgIpc) is 2.20. The number of benzene rings is 1. The summed E-state index contributed by atoms with van der Waals surface area (Å²) in [6.45, 7) is 0. The fourth-order valence-corrected chi connectivity index (χ4v) is 0.888. The number of rotatable bonds is 2. The second kappa shape index (κ2) is 3.75. The lowest BCUT2D eigenvalue weighted by atomic mass is 10.1. The van der Waals surface area contributed by atoms with Gasteiger partial charge in [-0.2, -0.15) is 0 Å². The summed E-state index contributed by atoms with van der Waals surface area (Å²) >= 11 is 0. The van der Waals surface area contributed by atoms with Gasteiger partial charge in [-0.25, -0.2) is 5.48 Å². The maximum Gasteiger partial charge on any atom is 0.315 e. The molecule has 14 heavy (non-hydrogen) atoms. The van der Waals surface area contributed by atoms with Gasteiger partial charge in [0, 0.05) is 0 Å². The molecule has 1 aromatic carbocycles. The molecule has 0 spiro atoms. The van der Waals surface area contributed by atoms with Gasteiger partial charge < -0.3 is 10.2 Å². The normalized spacial score (nSPS) is 9.50. The van der Waals surface area contributed by atoms with Crippen molar-refractivity contribution in [3.8, 4) is 11.5 Å². The number of hydroxylamine groups is 1. The zero-order valence-electron chi connectivity index (χ0n) is 6.89. The lowest BCUT2D eigenvalue weighted by Gasteiger charge is -2.02. The molecule has 6 nitrogen and oxygen atoms in total. The Kier molecular flexibility index (Phi) is 2.68. The van der Waals surface area contributed by atoms with Crippen LogP contribution in [0.15, 0.2) is 18.2 Å². The minimum Gasteiger partial charge on any atom is -0.504 e. The summed E-state index contributed by atoms with van der Waals surface area (Å²) in [5.74, 6) is -3.63. The van der Waals surface area contributed by atoms with Gasteiger partial charge in [-0.15, -0.1) is 0 Å². The van der Waals surface area contributed by atoms with Crippen molar-refractivity contribution in [2.24, 2.45) is 0 Å². The lowest BCUT2D eigenvalue weighted by molar-refractivity contribution is -0.124. The summed E-state index contributed by atoms with van der Waals surface area (Å²) < 4.78 is 0. The number of para-hydroxylation sites is 1. The van der Waals surface area contributed by atoms with Crippen LogP contribution in [0.3, 0.4) is 0 Å². The van der Waals surface area contributed by atoms with Crippen molar-refractivity contribution in [2.75, 3.05) is 0 Å². The van der Waals surface area contributed by atoms with E-state index in [0.29, 0.717) is 0 Å². The molecule has 0 bridgehead atoms. The van der Waals surface area contributed by atoms with Crippen LogP contribution in [-0.4, -0.2) is 27.1 Å². The summed E-state index contributed by atoms with van der Waals surface area (Å²) in [6, 6.07) is 3.59. The highest BCUT2D eigenvalue weighted by atomic mass is 16.5. The Hall–Kier alpha value is -2.08. The van der Waals surface area contributed by atoms with Gasteiger partial charge in [0.25, 0.3) is 5.78 Å². The van der Waals surface area contributed by atoms with Gasteiger partial charge >= 0.3 is 5.91 Å². The molecule has 4 N–H and O–H groups in total. The van der Waals surface area contributed by atoms with E-state index >= 15 is 0 Å². The minimum absolute atomic E-state index is 0.378. The molecule has 6 heteroatoms. The van der Waals surface area contributed by atoms with Crippen molar-refractivity contribution in [2.45, 2.75) is 0 Å². The molecule has 0 aliphatic carbocycles. The average molecular weight is 197 g/mol. The van der Waals surface area contributed by atoms with Crippen LogP contribution in [0.25, 0.3) is 0 Å². The van der Waals surface area contributed by atoms with Gasteiger partial charge in [0.05, 0.1) is 5.56 Å². The molecule has 0 radical (unpaired) electrons. The first-order valence-electron chi connectivity index (χ1n) is 3.57. The van der Waals surface area contributed by atoms with E-state index in [1.807, 2.05) is 0 Å². The standard InChI is InChI=1S/C8H7NO5/c10-5-3-1-2-4(6(5)11)7(12)8(13)9-14/h1-3,10-11,14H,(H,9,13). The van der Waals surface area contributed by atoms with Gasteiger partial charge in [-0.1, -0.05) is 6.07 Å². The number of phenols is 2. The summed E-state index contributed by atoms with van der Waals surface area (Å²) in [5, 5.41) is 26.3. The zero-order chi connectivity index (χ0) is 10.7. The molecule has 0 heterocycles. The van der Waals surface area contributed by atoms with Crippen LogP contribution in [0.1, 0.15) is 10.4 Å². The smallest absolute Gasteiger partial charge is 0.315 e. The molecular formula is C8H7NO5. The van der Waals surface area contributed by atoms with Crippen molar-refractivity contribution >= 4 is 11.7 Å². The Labute approximate surface area is 78.4 Å². The topological polar surface area (TPSA) is 107 Å². The third kappa shape index (κ3) is 1.64. The van der Waals surface area contributed by atoms with Gasteiger partial charge in [0.15, 0.2) is 11.5 Å². The van der Waals surface area contributed by atoms with Crippen molar-refractivity contribution in [3.05, 3.63) is 23.8 Å². The Morgan fingerprint density at radius 2 is 1.86 bits per heavy atom. The molecule has 0 unspecified atom stereocenters. The molecule has 0 atom stereocenters. The molecule has 1 amide bonds. The predicted molar refractivity (Wildman–Crippen MR) is 44.0 cm³/mol. The highest BCUT2D eigenvalue weighted by Gasteiger charge is 2.20. The summed E-state index contributed by atoms with van der Waals surface area (Å²) in [6.07, 6.45) is 0. The fourth-order valence-electron chi connectivity index (χ4n) is 0.888. The zero-order valence-corrected chi connectivity index (χ0v) is 6.89. The molecule has 0 saturated heterocycles. The number of carbonyl (C=O) groups is 2. The van der Waals surface area contributed by atoms with E-state index in [0.717, 1.165) is 17.6 Å². The highest BCUT2D eigenvalue weighted by Crippen LogP contribution is 2.28. The Bertz CT molecular complexity index is 387. The van der Waals surface area contributed by atoms with E-state index in [9.17, 15) is 14.7 Å². The van der Waals surface area contributed by atoms with E-state index in [2.05, 4.69) is 0 Å². The second-order valence-electron chi connectivity index (χ2n) is 2.44. The van der Waals surface area contributed by atoms with E-state index in [-0.39, 0.29) is 5.56 Å². The van der Waals surface area contributed by atoms with Crippen LogP contribution < -0.4 is 5.48 Å². The van der Waals surface area contributed by atoms with E-state index < -0.39 is 23.2 Å². The molecular weight excluding hydrogens is 190 g/mol. The monoisotopic (exact) mass is 197 g/mol. The predicted octanol–water partition coefficient (Wildman–Crippen LogP) is -0.214. The third-order valence-corrected chi connectivity index (χ3v) is 1.57. The molecule has 0 fully saturated rings. The summed E-state index contributed by atoms with van der Waals surface area (Å²) in [4.78, 5) is 21.8. The van der Waals surface area contributed by atoms with Crippen LogP contribution in [0.2, 0.25) is 0 Å². The van der Waals surface area contributed by atoms with Crippen molar-refractivity contribution in [1.82, 2.24) is 5.48 Å². The van der Waals surface area contributed by atoms with Crippen LogP contribution in [0.5, 0.6) is 11.5 Å². The number of amides is 1. The van der Waals surface area contributed by atoms with E-state index in [1.165, 1.54) is 6.07 Å². The number of phenolic OH excluding ortho intramolecular Hbond substituents is 2. The van der Waals surface area contributed by atoms with Crippen LogP contribution in [0, 0.1) is 0 Å². The summed E-state index contributed by atoms with van der Waals surface area (Å²) in [7, 11) is 0. The molecule has 1 rings (SSSR count). The lowest BCUT2D eigenvalue weighted by Crippen LogP contribution is -2.28. The van der Waals surface area contributed by atoms with Crippen molar-refractivity contribution < 1.29 is 25.0 Å². The molecule has 74 valence electrons. The van der Waals surface area contributed by atoms with Gasteiger partial charge in [-0.3, -0.25) is 14.8 Å². The Morgan fingerprint density at radius 3 is 2.43 bits per heavy atom. The quantitative estimate of drug-likeness (QED) is 0.172. The second-order valence-corrected chi connectivity index (χ2v) is 2.44. The number of hydrogen-bond acceptors (Lipinski definition) is 5. The maximum absolute atomic E-state index is 11.1. The molecule has 0 aliphatic heterocycles. The minimum atomic E-state index is -1.29. The van der Waals surface area contributed by atoms with Gasteiger partial charge in [0.1, 0.15) is 0 Å². The Morgan fingerprint density at radius 1 is 1.21 bits per heavy atom. The van der Waals surface area contributed by atoms with E-state index in [1.54, 1.807) is 0 Å². The number of ketones is 1. The number of carbonyl (C=O) groups excluding carboxylic acids is 2. The van der Waals surface area contributed by atoms with Crippen LogP contribution in [0.4, 0.5) is 0 Å². The number of Topliss-reactive ketones (excluding diaryl/α,β-unsaturated/α-hetero) is 1. The SMILES string of the molecule is O=C(NO)C(=O)c1cccc(O)c1O. The van der Waals surface area contributed by atoms with E-state index in [4.69, 9.17) is 10.3 Å². The number of aromatic hydroxyl groups is 2.